The summed E-state index contributed by atoms with van der Waals surface area (Å²) in [6.45, 7) is 10.6. The molecule has 9 nitrogen and oxygen atoms in total. The summed E-state index contributed by atoms with van der Waals surface area (Å²) in [6.07, 6.45) is 4.74. The van der Waals surface area contributed by atoms with Crippen LogP contribution in [0.15, 0.2) is 4.99 Å². The first kappa shape index (κ1) is 27.6. The van der Waals surface area contributed by atoms with Gasteiger partial charge in [0.25, 0.3) is 0 Å². The van der Waals surface area contributed by atoms with Crippen LogP contribution >= 0.6 is 24.0 Å². The number of guanidine groups is 1. The lowest BCUT2D eigenvalue weighted by atomic mass is 9.85. The zero-order valence-corrected chi connectivity index (χ0v) is 21.9. The summed E-state index contributed by atoms with van der Waals surface area (Å²) in [7, 11) is 1.95. The second kappa shape index (κ2) is 14.6. The number of carbonyl (C=O) groups is 1. The van der Waals surface area contributed by atoms with E-state index in [-0.39, 0.29) is 47.9 Å². The van der Waals surface area contributed by atoms with Gasteiger partial charge in [-0.25, -0.2) is 4.99 Å². The van der Waals surface area contributed by atoms with E-state index in [1.165, 1.54) is 0 Å². The Morgan fingerprint density at radius 2 is 2.10 bits per heavy atom. The van der Waals surface area contributed by atoms with Gasteiger partial charge < -0.3 is 25.3 Å². The summed E-state index contributed by atoms with van der Waals surface area (Å²) in [5.41, 5.74) is 0. The Kier molecular flexibility index (Phi) is 13.0. The molecule has 1 heterocycles. The van der Waals surface area contributed by atoms with E-state index in [1.54, 1.807) is 0 Å². The number of ether oxygens (including phenoxy) is 1. The molecule has 0 aliphatic heterocycles. The number of amides is 1. The van der Waals surface area contributed by atoms with Gasteiger partial charge in [0, 0.05) is 44.8 Å². The highest BCUT2D eigenvalue weighted by atomic mass is 127. The number of nitrogens with one attached hydrogen (secondary N) is 3. The van der Waals surface area contributed by atoms with Gasteiger partial charge in [-0.3, -0.25) is 4.79 Å². The van der Waals surface area contributed by atoms with Crippen LogP contribution in [0.5, 0.6) is 0 Å². The van der Waals surface area contributed by atoms with Gasteiger partial charge in [-0.1, -0.05) is 6.42 Å². The maximum absolute atomic E-state index is 12.4. The van der Waals surface area contributed by atoms with E-state index in [4.69, 9.17) is 9.73 Å². The van der Waals surface area contributed by atoms with Crippen molar-refractivity contribution in [2.24, 2.45) is 18.0 Å². The molecule has 0 aromatic carbocycles. The Morgan fingerprint density at radius 3 is 2.74 bits per heavy atom. The summed E-state index contributed by atoms with van der Waals surface area (Å²) in [5, 5.41) is 18.3. The average Bonchev–Trinajstić information content (AvgIpc) is 3.03. The zero-order chi connectivity index (χ0) is 21.9. The van der Waals surface area contributed by atoms with Crippen molar-refractivity contribution in [2.75, 3.05) is 19.8 Å². The third-order valence-corrected chi connectivity index (χ3v) is 5.34. The molecule has 10 heteroatoms. The molecule has 0 bridgehead atoms. The van der Waals surface area contributed by atoms with Gasteiger partial charge >= 0.3 is 0 Å². The molecule has 2 rings (SSSR count). The minimum Gasteiger partial charge on any atom is -0.382 e. The Bertz CT molecular complexity index is 693. The van der Waals surface area contributed by atoms with Crippen molar-refractivity contribution in [3.05, 3.63) is 11.6 Å². The molecule has 2 unspecified atom stereocenters. The minimum absolute atomic E-state index is 0. The van der Waals surface area contributed by atoms with Crippen LogP contribution in [0.2, 0.25) is 0 Å². The summed E-state index contributed by atoms with van der Waals surface area (Å²) >= 11 is 0. The van der Waals surface area contributed by atoms with Crippen LogP contribution in [-0.2, 0) is 23.1 Å². The Morgan fingerprint density at radius 1 is 1.32 bits per heavy atom. The fourth-order valence-electron chi connectivity index (χ4n) is 3.57. The molecule has 1 fully saturated rings. The van der Waals surface area contributed by atoms with E-state index in [1.807, 2.05) is 39.3 Å². The zero-order valence-electron chi connectivity index (χ0n) is 19.6. The number of aromatic nitrogens is 3. The highest BCUT2D eigenvalue weighted by Gasteiger charge is 2.28. The smallest absolute Gasteiger partial charge is 0.223 e. The van der Waals surface area contributed by atoms with Crippen molar-refractivity contribution < 1.29 is 9.53 Å². The molecule has 1 aliphatic carbocycles. The molecule has 31 heavy (non-hydrogen) atoms. The Labute approximate surface area is 203 Å². The molecular formula is C21H40IN7O2. The van der Waals surface area contributed by atoms with E-state index in [0.717, 1.165) is 69.5 Å². The Balaban J connectivity index is 0.00000480. The first-order chi connectivity index (χ1) is 14.4. The van der Waals surface area contributed by atoms with Crippen molar-refractivity contribution in [2.45, 2.75) is 78.4 Å². The maximum Gasteiger partial charge on any atom is 0.223 e. The van der Waals surface area contributed by atoms with Gasteiger partial charge in [-0.05, 0) is 53.4 Å². The Hall–Kier alpha value is -1.43. The summed E-state index contributed by atoms with van der Waals surface area (Å²) in [6, 6.07) is 0.394. The van der Waals surface area contributed by atoms with Crippen molar-refractivity contribution in [1.29, 1.82) is 0 Å². The standard InChI is InChI=1S/C21H39N7O2.HI/c1-6-30-12-8-11-22-21(23-14-19-27-26-16(4)28(19)5)25-18-10-7-9-17(13-18)20(29)24-15(2)3;/h15,17-18H,6-14H2,1-5H3,(H,24,29)(H2,22,23,25);1H. The lowest BCUT2D eigenvalue weighted by Crippen LogP contribution is -2.48. The van der Waals surface area contributed by atoms with Crippen molar-refractivity contribution in [1.82, 2.24) is 30.7 Å². The second-order valence-electron chi connectivity index (χ2n) is 8.23. The highest BCUT2D eigenvalue weighted by Crippen LogP contribution is 2.24. The number of hydrogen-bond donors (Lipinski definition) is 3. The van der Waals surface area contributed by atoms with Crippen LogP contribution < -0.4 is 16.0 Å². The molecule has 1 aromatic heterocycles. The molecule has 2 atom stereocenters. The van der Waals surface area contributed by atoms with Crippen LogP contribution in [0.4, 0.5) is 0 Å². The number of aryl methyl sites for hydroxylation is 1. The quantitative estimate of drug-likeness (QED) is 0.179. The number of nitrogens with zero attached hydrogens (tertiary/aromatic N) is 4. The first-order valence-electron chi connectivity index (χ1n) is 11.2. The van der Waals surface area contributed by atoms with Gasteiger partial charge in [0.15, 0.2) is 11.8 Å². The number of rotatable bonds is 10. The molecule has 1 saturated carbocycles. The van der Waals surface area contributed by atoms with Gasteiger partial charge in [0.05, 0.1) is 0 Å². The molecule has 0 spiro atoms. The largest absolute Gasteiger partial charge is 0.382 e. The van der Waals surface area contributed by atoms with E-state index in [2.05, 4.69) is 26.1 Å². The van der Waals surface area contributed by atoms with Crippen LogP contribution in [0.25, 0.3) is 0 Å². The topological polar surface area (TPSA) is 105 Å². The normalized spacial score (nSPS) is 19.1. The van der Waals surface area contributed by atoms with Gasteiger partial charge in [-0.15, -0.1) is 34.2 Å². The number of aliphatic imine (C=N–C) groups is 1. The number of halogens is 1. The molecule has 1 aliphatic rings. The highest BCUT2D eigenvalue weighted by molar-refractivity contribution is 14.0. The average molecular weight is 550 g/mol. The van der Waals surface area contributed by atoms with Gasteiger partial charge in [0.1, 0.15) is 12.4 Å². The maximum atomic E-state index is 12.4. The molecule has 0 radical (unpaired) electrons. The lowest BCUT2D eigenvalue weighted by Gasteiger charge is -2.30. The second-order valence-corrected chi connectivity index (χ2v) is 8.23. The number of hydrogen-bond acceptors (Lipinski definition) is 5. The van der Waals surface area contributed by atoms with Gasteiger partial charge in [-0.2, -0.15) is 0 Å². The van der Waals surface area contributed by atoms with Crippen LogP contribution in [-0.4, -0.2) is 58.5 Å². The van der Waals surface area contributed by atoms with Crippen molar-refractivity contribution >= 4 is 35.8 Å². The third kappa shape index (κ3) is 9.71. The molecular weight excluding hydrogens is 509 g/mol. The summed E-state index contributed by atoms with van der Waals surface area (Å²) in [4.78, 5) is 17.2. The number of carbonyl (C=O) groups excluding carboxylic acids is 1. The fourth-order valence-corrected chi connectivity index (χ4v) is 3.57. The van der Waals surface area contributed by atoms with E-state index >= 15 is 0 Å². The minimum atomic E-state index is 0. The molecule has 0 saturated heterocycles. The van der Waals surface area contributed by atoms with Crippen molar-refractivity contribution in [3.63, 3.8) is 0 Å². The van der Waals surface area contributed by atoms with E-state index < -0.39 is 0 Å². The predicted octanol–water partition coefficient (Wildman–Crippen LogP) is 2.29. The molecule has 1 amide bonds. The fraction of sp³-hybridized carbons (Fsp3) is 0.810. The summed E-state index contributed by atoms with van der Waals surface area (Å²) < 4.78 is 7.37. The first-order valence-corrected chi connectivity index (χ1v) is 11.2. The SMILES string of the molecule is CCOCCCNC(=NCc1nnc(C)n1C)NC1CCCC(C(=O)NC(C)C)C1.I. The predicted molar refractivity (Wildman–Crippen MR) is 134 cm³/mol. The molecule has 1 aromatic rings. The van der Waals surface area contributed by atoms with Crippen LogP contribution in [0, 0.1) is 12.8 Å². The van der Waals surface area contributed by atoms with Gasteiger partial charge in [0.2, 0.25) is 5.91 Å². The van der Waals surface area contributed by atoms with Crippen LogP contribution in [0.1, 0.15) is 64.5 Å². The third-order valence-electron chi connectivity index (χ3n) is 5.34. The lowest BCUT2D eigenvalue weighted by molar-refractivity contribution is -0.126. The molecule has 178 valence electrons. The van der Waals surface area contributed by atoms with E-state index in [9.17, 15) is 4.79 Å². The van der Waals surface area contributed by atoms with Crippen LogP contribution in [0.3, 0.4) is 0 Å². The van der Waals surface area contributed by atoms with E-state index in [0.29, 0.717) is 6.54 Å². The molecule has 3 N–H and O–H groups in total. The van der Waals surface area contributed by atoms with Crippen molar-refractivity contribution in [3.8, 4) is 0 Å². The summed E-state index contributed by atoms with van der Waals surface area (Å²) in [5.74, 6) is 2.65. The monoisotopic (exact) mass is 549 g/mol.